The molecule has 1 heterocycles. The number of aromatic nitrogens is 1. The van der Waals surface area contributed by atoms with E-state index in [4.69, 9.17) is 11.6 Å². The number of thiazole rings is 1. The highest BCUT2D eigenvalue weighted by atomic mass is 35.5. The number of halogens is 1. The molecule has 0 bridgehead atoms. The lowest BCUT2D eigenvalue weighted by atomic mass is 10.1. The van der Waals surface area contributed by atoms with E-state index in [1.54, 1.807) is 11.3 Å². The number of unbranched alkanes of at least 4 members (excludes halogenated alkanes) is 1. The first-order valence-electron chi connectivity index (χ1n) is 7.41. The van der Waals surface area contributed by atoms with Gasteiger partial charge in [-0.05, 0) is 38.3 Å². The molecule has 0 N–H and O–H groups in total. The average molecular weight is 303 g/mol. The first-order valence-corrected chi connectivity index (χ1v) is 8.82. The number of alkyl halides is 1. The molecule has 4 heteroatoms. The molecular weight excluding hydrogens is 276 g/mol. The van der Waals surface area contributed by atoms with Gasteiger partial charge in [-0.15, -0.1) is 22.9 Å². The molecule has 0 aliphatic rings. The Morgan fingerprint density at radius 2 is 2.16 bits per heavy atom. The Bertz CT molecular complexity index is 341. The molecule has 0 aliphatic carbocycles. The fraction of sp³-hybridized carbons (Fsp3) is 0.800. The molecule has 1 aromatic rings. The van der Waals surface area contributed by atoms with Gasteiger partial charge in [0.05, 0.1) is 16.6 Å². The number of rotatable bonds is 10. The number of aryl methyl sites for hydroxylation is 1. The van der Waals surface area contributed by atoms with Crippen molar-refractivity contribution in [3.05, 3.63) is 16.1 Å². The van der Waals surface area contributed by atoms with Crippen LogP contribution in [0.3, 0.4) is 0 Å². The Balaban J connectivity index is 2.18. The largest absolute Gasteiger partial charge is 0.303 e. The fourth-order valence-electron chi connectivity index (χ4n) is 2.09. The molecule has 0 fully saturated rings. The second kappa shape index (κ2) is 9.73. The van der Waals surface area contributed by atoms with Crippen LogP contribution in [0, 0.1) is 5.92 Å². The minimum absolute atomic E-state index is 0.537. The van der Waals surface area contributed by atoms with Gasteiger partial charge in [0.1, 0.15) is 0 Å². The number of nitrogens with zero attached hydrogens (tertiary/aromatic N) is 2. The summed E-state index contributed by atoms with van der Waals surface area (Å²) in [6, 6.07) is 0. The van der Waals surface area contributed by atoms with E-state index < -0.39 is 0 Å². The maximum atomic E-state index is 5.76. The van der Waals surface area contributed by atoms with Crippen molar-refractivity contribution in [2.45, 2.75) is 52.3 Å². The predicted molar refractivity (Wildman–Crippen MR) is 86.2 cm³/mol. The normalized spacial score (nSPS) is 13.1. The van der Waals surface area contributed by atoms with Crippen LogP contribution in [0.1, 0.15) is 50.7 Å². The summed E-state index contributed by atoms with van der Waals surface area (Å²) in [5.74, 6) is 1.35. The fourth-order valence-corrected chi connectivity index (χ4v) is 3.15. The molecule has 1 aromatic heterocycles. The van der Waals surface area contributed by atoms with Gasteiger partial charge in [0, 0.05) is 11.9 Å². The number of hydrogen-bond acceptors (Lipinski definition) is 3. The van der Waals surface area contributed by atoms with Crippen molar-refractivity contribution in [3.8, 4) is 0 Å². The summed E-state index contributed by atoms with van der Waals surface area (Å²) in [4.78, 5) is 7.07. The second-order valence-corrected chi connectivity index (χ2v) is 6.44. The van der Waals surface area contributed by atoms with Crippen LogP contribution in [0.15, 0.2) is 5.38 Å². The van der Waals surface area contributed by atoms with Crippen molar-refractivity contribution in [3.63, 3.8) is 0 Å². The van der Waals surface area contributed by atoms with Gasteiger partial charge in [0.15, 0.2) is 0 Å². The van der Waals surface area contributed by atoms with Crippen molar-refractivity contribution in [2.75, 3.05) is 19.6 Å². The summed E-state index contributed by atoms with van der Waals surface area (Å²) in [6.45, 7) is 10.5. The van der Waals surface area contributed by atoms with E-state index in [1.165, 1.54) is 37.4 Å². The smallest absolute Gasteiger partial charge is 0.0928 e. The van der Waals surface area contributed by atoms with Crippen molar-refractivity contribution >= 4 is 22.9 Å². The predicted octanol–water partition coefficient (Wildman–Crippen LogP) is 4.57. The highest BCUT2D eigenvalue weighted by molar-refractivity contribution is 7.09. The highest BCUT2D eigenvalue weighted by Gasteiger charge is 2.07. The van der Waals surface area contributed by atoms with E-state index in [9.17, 15) is 0 Å². The zero-order valence-electron chi connectivity index (χ0n) is 12.5. The molecule has 0 saturated carbocycles. The zero-order valence-corrected chi connectivity index (χ0v) is 14.1. The van der Waals surface area contributed by atoms with E-state index in [-0.39, 0.29) is 0 Å². The van der Waals surface area contributed by atoms with Crippen molar-refractivity contribution in [1.29, 1.82) is 0 Å². The molecule has 2 nitrogen and oxygen atoms in total. The maximum absolute atomic E-state index is 5.76. The van der Waals surface area contributed by atoms with Crippen molar-refractivity contribution in [1.82, 2.24) is 9.88 Å². The summed E-state index contributed by atoms with van der Waals surface area (Å²) < 4.78 is 0. The van der Waals surface area contributed by atoms with Crippen LogP contribution in [0.2, 0.25) is 0 Å². The van der Waals surface area contributed by atoms with Gasteiger partial charge in [-0.25, -0.2) is 4.98 Å². The van der Waals surface area contributed by atoms with Gasteiger partial charge in [-0.3, -0.25) is 0 Å². The summed E-state index contributed by atoms with van der Waals surface area (Å²) in [5, 5.41) is 3.31. The lowest BCUT2D eigenvalue weighted by Crippen LogP contribution is -2.29. The van der Waals surface area contributed by atoms with Crippen LogP contribution in [-0.2, 0) is 12.3 Å². The van der Waals surface area contributed by atoms with Gasteiger partial charge in [-0.2, -0.15) is 0 Å². The van der Waals surface area contributed by atoms with Crippen LogP contribution in [0.25, 0.3) is 0 Å². The van der Waals surface area contributed by atoms with E-state index in [0.29, 0.717) is 5.88 Å². The molecule has 19 heavy (non-hydrogen) atoms. The molecule has 1 rings (SSSR count). The third-order valence-electron chi connectivity index (χ3n) is 3.57. The van der Waals surface area contributed by atoms with Crippen molar-refractivity contribution in [2.24, 2.45) is 5.92 Å². The van der Waals surface area contributed by atoms with Gasteiger partial charge >= 0.3 is 0 Å². The monoisotopic (exact) mass is 302 g/mol. The van der Waals surface area contributed by atoms with Crippen molar-refractivity contribution < 1.29 is 0 Å². The summed E-state index contributed by atoms with van der Waals surface area (Å²) in [5.41, 5.74) is 1.02. The Morgan fingerprint density at radius 3 is 2.74 bits per heavy atom. The Morgan fingerprint density at radius 1 is 1.37 bits per heavy atom. The van der Waals surface area contributed by atoms with E-state index >= 15 is 0 Å². The first kappa shape index (κ1) is 16.9. The molecule has 0 spiro atoms. The van der Waals surface area contributed by atoms with Crippen LogP contribution in [0.5, 0.6) is 0 Å². The Hall–Kier alpha value is -0.120. The molecule has 0 aromatic carbocycles. The van der Waals surface area contributed by atoms with E-state index in [2.05, 4.69) is 36.0 Å². The van der Waals surface area contributed by atoms with E-state index in [0.717, 1.165) is 24.6 Å². The third-order valence-corrected chi connectivity index (χ3v) is 4.80. The average Bonchev–Trinajstić information content (AvgIpc) is 2.89. The first-order chi connectivity index (χ1) is 9.19. The van der Waals surface area contributed by atoms with E-state index in [1.807, 2.05) is 0 Å². The molecule has 110 valence electrons. The summed E-state index contributed by atoms with van der Waals surface area (Å²) in [7, 11) is 0. The summed E-state index contributed by atoms with van der Waals surface area (Å²) in [6.07, 6.45) is 4.87. The van der Waals surface area contributed by atoms with Crippen LogP contribution in [-0.4, -0.2) is 29.5 Å². The SMILES string of the molecule is CCC(C)CN(CC)CCCCc1nc(CCl)cs1. The molecular formula is C15H27ClN2S. The molecule has 1 atom stereocenters. The summed E-state index contributed by atoms with van der Waals surface area (Å²) >= 11 is 7.51. The molecule has 0 radical (unpaired) electrons. The van der Waals surface area contributed by atoms with Gasteiger partial charge in [-0.1, -0.05) is 27.2 Å². The van der Waals surface area contributed by atoms with Crippen LogP contribution >= 0.6 is 22.9 Å². The quantitative estimate of drug-likeness (QED) is 0.465. The Kier molecular flexibility index (Phi) is 8.67. The standard InChI is InChI=1S/C15H27ClN2S/c1-4-13(3)11-18(5-2)9-7-6-8-15-17-14(10-16)12-19-15/h12-13H,4-11H2,1-3H3. The molecule has 1 unspecified atom stereocenters. The van der Waals surface area contributed by atoms with Gasteiger partial charge in [0.2, 0.25) is 0 Å². The second-order valence-electron chi connectivity index (χ2n) is 5.23. The minimum Gasteiger partial charge on any atom is -0.303 e. The third kappa shape index (κ3) is 6.73. The number of hydrogen-bond donors (Lipinski definition) is 0. The lowest BCUT2D eigenvalue weighted by Gasteiger charge is -2.23. The maximum Gasteiger partial charge on any atom is 0.0928 e. The van der Waals surface area contributed by atoms with Gasteiger partial charge < -0.3 is 4.90 Å². The minimum atomic E-state index is 0.537. The highest BCUT2D eigenvalue weighted by Crippen LogP contribution is 2.14. The molecule has 0 saturated heterocycles. The lowest BCUT2D eigenvalue weighted by molar-refractivity contribution is 0.241. The Labute approximate surface area is 127 Å². The molecule has 0 aliphatic heterocycles. The van der Waals surface area contributed by atoms with Crippen LogP contribution in [0.4, 0.5) is 0 Å². The van der Waals surface area contributed by atoms with Gasteiger partial charge in [0.25, 0.3) is 0 Å². The zero-order chi connectivity index (χ0) is 14.1. The topological polar surface area (TPSA) is 16.1 Å². The molecule has 0 amide bonds. The van der Waals surface area contributed by atoms with Crippen LogP contribution < -0.4 is 0 Å².